The molecule has 4 N–H and O–H groups in total. The Labute approximate surface area is 229 Å². The van der Waals surface area contributed by atoms with E-state index >= 15 is 0 Å². The predicted molar refractivity (Wildman–Crippen MR) is 147 cm³/mol. The first-order valence-corrected chi connectivity index (χ1v) is 13.2. The SMILES string of the molecule is CCCC1CC(=O)C2=C(C1)NC(C)=C(C#N)C2c1cc(Br)c(NCc2ccccc2[N+](=O)[O-])c(C(N)=O)c1. The van der Waals surface area contributed by atoms with Gasteiger partial charge >= 0.3 is 0 Å². The molecule has 0 saturated heterocycles. The van der Waals surface area contributed by atoms with Gasteiger partial charge in [-0.05, 0) is 59.3 Å². The van der Waals surface area contributed by atoms with E-state index in [0.717, 1.165) is 25.0 Å². The average Bonchev–Trinajstić information content (AvgIpc) is 2.87. The number of dihydropyridines is 1. The number of halogens is 1. The van der Waals surface area contributed by atoms with Crippen LogP contribution in [0.5, 0.6) is 0 Å². The Kier molecular flexibility index (Phi) is 7.97. The number of nitrogens with one attached hydrogen (secondary N) is 2. The lowest BCUT2D eigenvalue weighted by atomic mass is 9.72. The van der Waals surface area contributed by atoms with E-state index in [-0.39, 0.29) is 29.5 Å². The second-order valence-electron chi connectivity index (χ2n) is 9.62. The highest BCUT2D eigenvalue weighted by molar-refractivity contribution is 9.10. The molecule has 0 spiro atoms. The van der Waals surface area contributed by atoms with Crippen LogP contribution in [0.4, 0.5) is 11.4 Å². The number of Topliss-reactive ketones (excluding diaryl/α,β-unsaturated/α-hetero) is 1. The van der Waals surface area contributed by atoms with Gasteiger partial charge in [-0.1, -0.05) is 31.5 Å². The number of anilines is 1. The number of benzene rings is 2. The summed E-state index contributed by atoms with van der Waals surface area (Å²) >= 11 is 3.52. The minimum atomic E-state index is -0.710. The van der Waals surface area contributed by atoms with E-state index in [1.54, 1.807) is 30.3 Å². The highest BCUT2D eigenvalue weighted by atomic mass is 79.9. The van der Waals surface area contributed by atoms with Crippen molar-refractivity contribution in [3.8, 4) is 6.07 Å². The molecule has 2 atom stereocenters. The van der Waals surface area contributed by atoms with Gasteiger partial charge in [-0.25, -0.2) is 0 Å². The van der Waals surface area contributed by atoms with Gasteiger partial charge in [0.2, 0.25) is 0 Å². The Balaban J connectivity index is 1.77. The molecule has 0 radical (unpaired) electrons. The van der Waals surface area contributed by atoms with E-state index < -0.39 is 16.7 Å². The van der Waals surface area contributed by atoms with E-state index in [4.69, 9.17) is 5.73 Å². The van der Waals surface area contributed by atoms with Crippen LogP contribution in [-0.2, 0) is 11.3 Å². The zero-order valence-electron chi connectivity index (χ0n) is 21.1. The van der Waals surface area contributed by atoms with Crippen molar-refractivity contribution in [2.75, 3.05) is 5.32 Å². The van der Waals surface area contributed by atoms with Crippen LogP contribution in [0.3, 0.4) is 0 Å². The Morgan fingerprint density at radius 3 is 2.71 bits per heavy atom. The van der Waals surface area contributed by atoms with E-state index in [1.807, 2.05) is 6.92 Å². The van der Waals surface area contributed by atoms with E-state index in [0.29, 0.717) is 44.6 Å². The molecule has 38 heavy (non-hydrogen) atoms. The van der Waals surface area contributed by atoms with Crippen molar-refractivity contribution in [3.63, 3.8) is 0 Å². The number of carbonyl (C=O) groups excluding carboxylic acids is 2. The third kappa shape index (κ3) is 5.20. The number of para-hydroxylation sites is 1. The first kappa shape index (κ1) is 27.1. The topological polar surface area (TPSA) is 151 Å². The van der Waals surface area contributed by atoms with Crippen LogP contribution in [0.15, 0.2) is 63.4 Å². The van der Waals surface area contributed by atoms with Crippen LogP contribution >= 0.6 is 15.9 Å². The van der Waals surface area contributed by atoms with Crippen molar-refractivity contribution in [2.24, 2.45) is 11.7 Å². The summed E-state index contributed by atoms with van der Waals surface area (Å²) in [5.41, 5.74) is 9.75. The number of allylic oxidation sites excluding steroid dienone is 4. The van der Waals surface area contributed by atoms with Gasteiger partial charge in [-0.15, -0.1) is 0 Å². The molecule has 0 bridgehead atoms. The number of carbonyl (C=O) groups is 2. The van der Waals surface area contributed by atoms with Crippen LogP contribution < -0.4 is 16.4 Å². The molecule has 1 heterocycles. The number of ketones is 1. The second-order valence-corrected chi connectivity index (χ2v) is 10.5. The number of hydrogen-bond acceptors (Lipinski definition) is 7. The van der Waals surface area contributed by atoms with Crippen molar-refractivity contribution >= 4 is 39.0 Å². The zero-order chi connectivity index (χ0) is 27.6. The smallest absolute Gasteiger partial charge is 0.274 e. The molecule has 1 aliphatic heterocycles. The number of nitro benzene ring substituents is 1. The number of nitro groups is 1. The first-order chi connectivity index (χ1) is 18.2. The summed E-state index contributed by atoms with van der Waals surface area (Å²) < 4.78 is 0.491. The van der Waals surface area contributed by atoms with Crippen LogP contribution in [0, 0.1) is 27.4 Å². The summed E-state index contributed by atoms with van der Waals surface area (Å²) in [6, 6.07) is 12.0. The van der Waals surface area contributed by atoms with Gasteiger partial charge in [-0.3, -0.25) is 19.7 Å². The van der Waals surface area contributed by atoms with Gasteiger partial charge in [0.1, 0.15) is 0 Å². The fourth-order valence-corrected chi connectivity index (χ4v) is 6.02. The maximum atomic E-state index is 13.4. The first-order valence-electron chi connectivity index (χ1n) is 12.4. The Bertz CT molecular complexity index is 1440. The summed E-state index contributed by atoms with van der Waals surface area (Å²) in [6.45, 7) is 3.99. The minimum absolute atomic E-state index is 0.00205. The molecule has 9 nitrogen and oxygen atoms in total. The quantitative estimate of drug-likeness (QED) is 0.273. The van der Waals surface area contributed by atoms with E-state index in [2.05, 4.69) is 39.6 Å². The van der Waals surface area contributed by atoms with Crippen molar-refractivity contribution in [1.29, 1.82) is 5.26 Å². The number of hydrogen-bond donors (Lipinski definition) is 3. The standard InChI is InChI=1S/C28H28BrN5O4/c1-3-6-16-9-22-26(24(35)10-16)25(20(13-30)15(2)33-22)18-11-19(28(31)36)27(21(29)12-18)32-14-17-7-4-5-8-23(17)34(37)38/h4-5,7-8,11-12,16,25,32-33H,3,6,9-10,14H2,1-2H3,(H2,31,36). The average molecular weight is 578 g/mol. The Morgan fingerprint density at radius 1 is 1.32 bits per heavy atom. The molecular formula is C28H28BrN5O4. The molecule has 0 fully saturated rings. The third-order valence-electron chi connectivity index (χ3n) is 7.08. The molecule has 0 saturated carbocycles. The molecule has 4 rings (SSSR count). The van der Waals surface area contributed by atoms with Crippen LogP contribution in [0.25, 0.3) is 0 Å². The number of nitriles is 1. The molecule has 2 aromatic carbocycles. The maximum absolute atomic E-state index is 13.4. The monoisotopic (exact) mass is 577 g/mol. The van der Waals surface area contributed by atoms with Gasteiger partial charge in [0.25, 0.3) is 11.6 Å². The lowest BCUT2D eigenvalue weighted by Gasteiger charge is -2.35. The third-order valence-corrected chi connectivity index (χ3v) is 7.71. The maximum Gasteiger partial charge on any atom is 0.274 e. The molecule has 1 aliphatic carbocycles. The number of primary amides is 1. The number of nitrogens with zero attached hydrogens (tertiary/aromatic N) is 2. The molecule has 10 heteroatoms. The van der Waals surface area contributed by atoms with E-state index in [9.17, 15) is 25.0 Å². The molecule has 1 amide bonds. The van der Waals surface area contributed by atoms with Gasteiger partial charge in [-0.2, -0.15) is 5.26 Å². The second kappa shape index (κ2) is 11.2. The molecule has 2 aliphatic rings. The molecule has 196 valence electrons. The normalized spacial score (nSPS) is 18.9. The Hall–Kier alpha value is -3.97. The van der Waals surface area contributed by atoms with Crippen LogP contribution in [0.1, 0.15) is 66.9 Å². The summed E-state index contributed by atoms with van der Waals surface area (Å²) in [6.07, 6.45) is 3.07. The van der Waals surface area contributed by atoms with Crippen molar-refractivity contribution in [2.45, 2.75) is 52.0 Å². The van der Waals surface area contributed by atoms with Gasteiger partial charge in [0.15, 0.2) is 5.78 Å². The summed E-state index contributed by atoms with van der Waals surface area (Å²) in [7, 11) is 0. The van der Waals surface area contributed by atoms with Crippen molar-refractivity contribution in [3.05, 3.63) is 90.2 Å². The van der Waals surface area contributed by atoms with Crippen LogP contribution in [0.2, 0.25) is 0 Å². The van der Waals surface area contributed by atoms with Crippen molar-refractivity contribution in [1.82, 2.24) is 5.32 Å². The number of rotatable bonds is 8. The molecular weight excluding hydrogens is 550 g/mol. The fraction of sp³-hybridized carbons (Fsp3) is 0.321. The molecule has 2 unspecified atom stereocenters. The number of amides is 1. The lowest BCUT2D eigenvalue weighted by Crippen LogP contribution is -2.34. The molecule has 2 aromatic rings. The Morgan fingerprint density at radius 2 is 2.05 bits per heavy atom. The van der Waals surface area contributed by atoms with Crippen LogP contribution in [-0.4, -0.2) is 16.6 Å². The number of nitrogens with two attached hydrogens (primary N) is 1. The fourth-order valence-electron chi connectivity index (χ4n) is 5.40. The zero-order valence-corrected chi connectivity index (χ0v) is 22.7. The van der Waals surface area contributed by atoms with E-state index in [1.165, 1.54) is 6.07 Å². The highest BCUT2D eigenvalue weighted by Gasteiger charge is 2.39. The predicted octanol–water partition coefficient (Wildman–Crippen LogP) is 5.59. The molecule has 0 aromatic heterocycles. The lowest BCUT2D eigenvalue weighted by molar-refractivity contribution is -0.385. The largest absolute Gasteiger partial charge is 0.379 e. The van der Waals surface area contributed by atoms with Crippen molar-refractivity contribution < 1.29 is 14.5 Å². The minimum Gasteiger partial charge on any atom is -0.379 e. The highest BCUT2D eigenvalue weighted by Crippen LogP contribution is 2.45. The summed E-state index contributed by atoms with van der Waals surface area (Å²) in [4.78, 5) is 36.9. The van der Waals surface area contributed by atoms with Gasteiger partial charge in [0.05, 0.1) is 33.7 Å². The van der Waals surface area contributed by atoms with Gasteiger partial charge in [0, 0.05) is 46.0 Å². The van der Waals surface area contributed by atoms with Gasteiger partial charge < -0.3 is 16.4 Å². The summed E-state index contributed by atoms with van der Waals surface area (Å²) in [5.74, 6) is -1.10. The summed E-state index contributed by atoms with van der Waals surface area (Å²) in [5, 5.41) is 27.8.